The molecule has 0 saturated carbocycles. The van der Waals surface area contributed by atoms with Crippen molar-refractivity contribution in [3.05, 3.63) is 29.5 Å². The van der Waals surface area contributed by atoms with E-state index in [1.807, 2.05) is 0 Å². The second-order valence-electron chi connectivity index (χ2n) is 6.75. The molecule has 156 valence electrons. The van der Waals surface area contributed by atoms with Gasteiger partial charge < -0.3 is 26.2 Å². The predicted octanol–water partition coefficient (Wildman–Crippen LogP) is 2.92. The molecule has 1 aliphatic heterocycles. The van der Waals surface area contributed by atoms with Crippen LogP contribution in [-0.2, 0) is 6.18 Å². The molecule has 1 aliphatic rings. The quantitative estimate of drug-likeness (QED) is 0.477. The Bertz CT molecular complexity index is 894. The van der Waals surface area contributed by atoms with E-state index >= 15 is 0 Å². The first-order valence-corrected chi connectivity index (χ1v) is 9.31. The minimum Gasteiger partial charge on any atom is -0.507 e. The molecule has 2 aromatic rings. The molecule has 5 N–H and O–H groups in total. The lowest BCUT2D eigenvalue weighted by molar-refractivity contribution is -0.137. The van der Waals surface area contributed by atoms with E-state index < -0.39 is 23.4 Å². The summed E-state index contributed by atoms with van der Waals surface area (Å²) in [6.07, 6.45) is -1.48. The highest BCUT2D eigenvalue weighted by Gasteiger charge is 2.32. The normalized spacial score (nSPS) is 17.0. The van der Waals surface area contributed by atoms with Gasteiger partial charge in [-0.25, -0.2) is 9.97 Å². The summed E-state index contributed by atoms with van der Waals surface area (Å²) in [5.74, 6) is -1.08. The van der Waals surface area contributed by atoms with Gasteiger partial charge in [-0.2, -0.15) is 13.2 Å². The number of nitrogens with one attached hydrogen (secondary N) is 3. The number of anilines is 1. The molecule has 0 amide bonds. The van der Waals surface area contributed by atoms with Crippen LogP contribution in [0, 0.1) is 6.92 Å². The molecule has 29 heavy (non-hydrogen) atoms. The number of aromatic hydroxyl groups is 2. The highest BCUT2D eigenvalue weighted by Crippen LogP contribution is 2.39. The van der Waals surface area contributed by atoms with Crippen molar-refractivity contribution in [2.45, 2.75) is 32.0 Å². The molecule has 1 aromatic carbocycles. The number of rotatable bonds is 3. The lowest BCUT2D eigenvalue weighted by Crippen LogP contribution is -2.47. The molecule has 3 rings (SSSR count). The second-order valence-corrected chi connectivity index (χ2v) is 7.16. The zero-order valence-corrected chi connectivity index (χ0v) is 16.3. The van der Waals surface area contributed by atoms with Crippen LogP contribution in [0.4, 0.5) is 19.0 Å². The molecule has 0 bridgehead atoms. The number of hydrogen-bond acceptors (Lipinski definition) is 6. The van der Waals surface area contributed by atoms with Crippen molar-refractivity contribution in [1.29, 1.82) is 0 Å². The molecule has 1 aromatic heterocycles. The van der Waals surface area contributed by atoms with E-state index in [4.69, 9.17) is 12.2 Å². The number of nitrogens with zero attached hydrogens (tertiary/aromatic N) is 2. The van der Waals surface area contributed by atoms with Crippen LogP contribution in [0.2, 0.25) is 0 Å². The largest absolute Gasteiger partial charge is 0.507 e. The maximum absolute atomic E-state index is 12.9. The molecule has 0 aliphatic carbocycles. The molecule has 0 radical (unpaired) electrons. The summed E-state index contributed by atoms with van der Waals surface area (Å²) in [4.78, 5) is 7.99. The van der Waals surface area contributed by atoms with Gasteiger partial charge in [0, 0.05) is 18.2 Å². The van der Waals surface area contributed by atoms with E-state index in [0.29, 0.717) is 6.07 Å². The zero-order valence-electron chi connectivity index (χ0n) is 15.5. The number of aromatic nitrogens is 2. The highest BCUT2D eigenvalue weighted by molar-refractivity contribution is 7.80. The molecule has 1 fully saturated rings. The fourth-order valence-electron chi connectivity index (χ4n) is 3.16. The first-order chi connectivity index (χ1) is 13.6. The number of phenolic OH excluding ortho intramolecular Hbond substituents is 1. The highest BCUT2D eigenvalue weighted by atomic mass is 32.1. The van der Waals surface area contributed by atoms with Crippen LogP contribution in [0.15, 0.2) is 18.3 Å². The Hall–Kier alpha value is -2.66. The number of aryl methyl sites for hydroxylation is 1. The number of phenols is 1. The molecular formula is C18H20F3N5O2S. The molecule has 11 heteroatoms. The van der Waals surface area contributed by atoms with Crippen molar-refractivity contribution < 1.29 is 23.4 Å². The van der Waals surface area contributed by atoms with E-state index in [-0.39, 0.29) is 33.8 Å². The minimum atomic E-state index is -4.58. The number of benzene rings is 1. The number of halogens is 3. The van der Waals surface area contributed by atoms with Crippen molar-refractivity contribution in [1.82, 2.24) is 20.6 Å². The molecule has 0 spiro atoms. The Balaban J connectivity index is 1.84. The average molecular weight is 427 g/mol. The van der Waals surface area contributed by atoms with Crippen molar-refractivity contribution in [2.75, 3.05) is 18.4 Å². The maximum Gasteiger partial charge on any atom is 0.416 e. The summed E-state index contributed by atoms with van der Waals surface area (Å²) in [5.41, 5.74) is -0.620. The average Bonchev–Trinajstić information content (AvgIpc) is 2.63. The lowest BCUT2D eigenvalue weighted by atomic mass is 10.0. The van der Waals surface area contributed by atoms with Crippen LogP contribution in [0.5, 0.6) is 11.6 Å². The van der Waals surface area contributed by atoms with Gasteiger partial charge >= 0.3 is 6.18 Å². The zero-order chi connectivity index (χ0) is 21.2. The van der Waals surface area contributed by atoms with Crippen molar-refractivity contribution >= 4 is 23.1 Å². The number of thiocarbonyl (C=S) groups is 1. The third-order valence-corrected chi connectivity index (χ3v) is 4.74. The Morgan fingerprint density at radius 1 is 1.31 bits per heavy atom. The minimum absolute atomic E-state index is 0.0672. The summed E-state index contributed by atoms with van der Waals surface area (Å²) in [7, 11) is 0. The molecular weight excluding hydrogens is 407 g/mol. The van der Waals surface area contributed by atoms with Gasteiger partial charge in [0.25, 0.3) is 5.88 Å². The van der Waals surface area contributed by atoms with Crippen LogP contribution in [0.3, 0.4) is 0 Å². The van der Waals surface area contributed by atoms with Crippen molar-refractivity contribution in [3.63, 3.8) is 0 Å². The number of piperidine rings is 1. The van der Waals surface area contributed by atoms with Crippen molar-refractivity contribution in [3.8, 4) is 22.9 Å². The van der Waals surface area contributed by atoms with E-state index in [9.17, 15) is 23.4 Å². The van der Waals surface area contributed by atoms with E-state index in [1.165, 1.54) is 6.92 Å². The molecule has 2 heterocycles. The summed E-state index contributed by atoms with van der Waals surface area (Å²) in [6.45, 7) is 3.12. The Morgan fingerprint density at radius 2 is 2.07 bits per heavy atom. The first-order valence-electron chi connectivity index (χ1n) is 8.90. The Kier molecular flexibility index (Phi) is 6.08. The van der Waals surface area contributed by atoms with E-state index in [1.54, 1.807) is 0 Å². The SMILES string of the molecule is Cc1cc(C(F)(F)F)cc(O)c1-c1cnc(O)c(NC(=S)NC2CCCNC2)n1. The second kappa shape index (κ2) is 8.37. The monoisotopic (exact) mass is 427 g/mol. The van der Waals surface area contributed by atoms with Crippen LogP contribution >= 0.6 is 12.2 Å². The molecule has 1 atom stereocenters. The topological polar surface area (TPSA) is 102 Å². The van der Waals surface area contributed by atoms with Gasteiger partial charge in [0.05, 0.1) is 17.5 Å². The van der Waals surface area contributed by atoms with E-state index in [0.717, 1.165) is 38.2 Å². The van der Waals surface area contributed by atoms with Crippen molar-refractivity contribution in [2.24, 2.45) is 0 Å². The van der Waals surface area contributed by atoms with Gasteiger partial charge in [0.1, 0.15) is 5.75 Å². The lowest BCUT2D eigenvalue weighted by Gasteiger charge is -2.25. The molecule has 1 saturated heterocycles. The van der Waals surface area contributed by atoms with Gasteiger partial charge in [0.2, 0.25) is 0 Å². The van der Waals surface area contributed by atoms with Crippen LogP contribution in [0.25, 0.3) is 11.3 Å². The van der Waals surface area contributed by atoms with E-state index in [2.05, 4.69) is 25.9 Å². The summed E-state index contributed by atoms with van der Waals surface area (Å²) >= 11 is 5.24. The Morgan fingerprint density at radius 3 is 2.69 bits per heavy atom. The summed E-state index contributed by atoms with van der Waals surface area (Å²) in [6, 6.07) is 1.67. The van der Waals surface area contributed by atoms with Crippen LogP contribution in [-0.4, -0.2) is 44.4 Å². The van der Waals surface area contributed by atoms with Gasteiger partial charge in [-0.15, -0.1) is 0 Å². The van der Waals surface area contributed by atoms with Gasteiger partial charge in [-0.05, 0) is 56.2 Å². The van der Waals surface area contributed by atoms with Crippen LogP contribution < -0.4 is 16.0 Å². The van der Waals surface area contributed by atoms with Gasteiger partial charge in [-0.1, -0.05) is 0 Å². The summed E-state index contributed by atoms with van der Waals surface area (Å²) < 4.78 is 38.8. The fraction of sp³-hybridized carbons (Fsp3) is 0.389. The predicted molar refractivity (Wildman–Crippen MR) is 106 cm³/mol. The smallest absolute Gasteiger partial charge is 0.416 e. The third-order valence-electron chi connectivity index (χ3n) is 4.52. The Labute approximate surface area is 170 Å². The molecule has 7 nitrogen and oxygen atoms in total. The fourth-order valence-corrected chi connectivity index (χ4v) is 3.42. The number of hydrogen-bond donors (Lipinski definition) is 5. The molecule has 1 unspecified atom stereocenters. The maximum atomic E-state index is 12.9. The standard InChI is InChI=1S/C18H20F3N5O2S/c1-9-5-10(18(19,20)21)6-13(27)14(9)12-8-23-16(28)15(25-12)26-17(29)24-11-3-2-4-22-7-11/h5-6,8,11,22,27H,2-4,7H2,1H3,(H,23,28)(H2,24,25,26,29). The third kappa shape index (κ3) is 5.04. The first kappa shape index (κ1) is 21.1. The van der Waals surface area contributed by atoms with Gasteiger partial charge in [0.15, 0.2) is 10.9 Å². The van der Waals surface area contributed by atoms with Gasteiger partial charge in [-0.3, -0.25) is 0 Å². The number of alkyl halides is 3. The summed E-state index contributed by atoms with van der Waals surface area (Å²) in [5, 5.41) is 29.5. The van der Waals surface area contributed by atoms with Crippen LogP contribution in [0.1, 0.15) is 24.0 Å².